The van der Waals surface area contributed by atoms with Gasteiger partial charge < -0.3 is 10.2 Å². The van der Waals surface area contributed by atoms with Crippen molar-refractivity contribution in [3.8, 4) is 0 Å². The van der Waals surface area contributed by atoms with Gasteiger partial charge in [-0.1, -0.05) is 42.1 Å². The summed E-state index contributed by atoms with van der Waals surface area (Å²) in [6.45, 7) is 2.39. The highest BCUT2D eigenvalue weighted by atomic mass is 32.2. The van der Waals surface area contributed by atoms with Gasteiger partial charge in [-0.3, -0.25) is 0 Å². The third-order valence-electron chi connectivity index (χ3n) is 2.17. The van der Waals surface area contributed by atoms with Crippen LogP contribution in [0.3, 0.4) is 0 Å². The van der Waals surface area contributed by atoms with Gasteiger partial charge in [-0.15, -0.1) is 10.2 Å². The fraction of sp³-hybridized carbons (Fsp3) is 0.273. The molecule has 0 aliphatic carbocycles. The molecule has 84 valence electrons. The van der Waals surface area contributed by atoms with Gasteiger partial charge in [0.05, 0.1) is 6.54 Å². The van der Waals surface area contributed by atoms with Gasteiger partial charge in [0, 0.05) is 5.25 Å². The van der Waals surface area contributed by atoms with Crippen LogP contribution in [0.15, 0.2) is 40.0 Å². The minimum Gasteiger partial charge on any atom is -0.415 e. The van der Waals surface area contributed by atoms with Gasteiger partial charge in [0.2, 0.25) is 5.89 Å². The zero-order chi connectivity index (χ0) is 11.4. The third kappa shape index (κ3) is 2.62. The fourth-order valence-electron chi connectivity index (χ4n) is 1.31. The van der Waals surface area contributed by atoms with Crippen molar-refractivity contribution in [1.82, 2.24) is 10.2 Å². The van der Waals surface area contributed by atoms with E-state index in [1.165, 1.54) is 17.3 Å². The van der Waals surface area contributed by atoms with Crippen molar-refractivity contribution in [2.45, 2.75) is 23.9 Å². The minimum absolute atomic E-state index is 0.285. The van der Waals surface area contributed by atoms with Gasteiger partial charge in [-0.05, 0) is 12.5 Å². The smallest absolute Gasteiger partial charge is 0.277 e. The predicted molar refractivity (Wildman–Crippen MR) is 62.9 cm³/mol. The van der Waals surface area contributed by atoms with E-state index < -0.39 is 0 Å². The summed E-state index contributed by atoms with van der Waals surface area (Å²) in [5.41, 5.74) is 6.64. The molecule has 0 bridgehead atoms. The SMILES string of the molecule is CC(Sc1nnc(CN)o1)c1ccccc1. The maximum atomic E-state index is 5.40. The predicted octanol–water partition coefficient (Wildman–Crippen LogP) is 2.38. The normalized spacial score (nSPS) is 12.6. The summed E-state index contributed by atoms with van der Waals surface area (Å²) >= 11 is 1.54. The summed E-state index contributed by atoms with van der Waals surface area (Å²) in [4.78, 5) is 0. The second-order valence-electron chi connectivity index (χ2n) is 3.34. The molecule has 0 radical (unpaired) electrons. The van der Waals surface area contributed by atoms with Crippen LogP contribution in [-0.4, -0.2) is 10.2 Å². The number of rotatable bonds is 4. The quantitative estimate of drug-likeness (QED) is 0.824. The molecule has 1 heterocycles. The standard InChI is InChI=1S/C11H13N3OS/c1-8(9-5-3-2-4-6-9)16-11-14-13-10(7-12)15-11/h2-6,8H,7,12H2,1H3. The van der Waals surface area contributed by atoms with Crippen molar-refractivity contribution in [1.29, 1.82) is 0 Å². The Labute approximate surface area is 98.2 Å². The number of benzene rings is 1. The Morgan fingerprint density at radius 1 is 1.31 bits per heavy atom. The van der Waals surface area contributed by atoms with Gasteiger partial charge in [-0.2, -0.15) is 0 Å². The lowest BCUT2D eigenvalue weighted by Gasteiger charge is -2.07. The Hall–Kier alpha value is -1.33. The van der Waals surface area contributed by atoms with E-state index in [1.54, 1.807) is 0 Å². The molecule has 4 nitrogen and oxygen atoms in total. The van der Waals surface area contributed by atoms with Crippen molar-refractivity contribution in [3.63, 3.8) is 0 Å². The molecule has 1 aromatic heterocycles. The zero-order valence-electron chi connectivity index (χ0n) is 8.96. The lowest BCUT2D eigenvalue weighted by atomic mass is 10.2. The van der Waals surface area contributed by atoms with Gasteiger partial charge in [0.1, 0.15) is 0 Å². The summed E-state index contributed by atoms with van der Waals surface area (Å²) in [5, 5.41) is 8.59. The lowest BCUT2D eigenvalue weighted by molar-refractivity contribution is 0.414. The van der Waals surface area contributed by atoms with Crippen LogP contribution in [0, 0.1) is 0 Å². The molecule has 1 unspecified atom stereocenters. The van der Waals surface area contributed by atoms with E-state index in [0.29, 0.717) is 11.1 Å². The van der Waals surface area contributed by atoms with Crippen LogP contribution >= 0.6 is 11.8 Å². The highest BCUT2D eigenvalue weighted by molar-refractivity contribution is 7.99. The minimum atomic E-state index is 0.285. The zero-order valence-corrected chi connectivity index (χ0v) is 9.78. The van der Waals surface area contributed by atoms with E-state index in [4.69, 9.17) is 10.2 Å². The Balaban J connectivity index is 2.05. The summed E-state index contributed by atoms with van der Waals surface area (Å²) in [6, 6.07) is 10.2. The first-order valence-corrected chi connectivity index (χ1v) is 5.91. The van der Waals surface area contributed by atoms with Gasteiger partial charge >= 0.3 is 0 Å². The lowest BCUT2D eigenvalue weighted by Crippen LogP contribution is -1.95. The van der Waals surface area contributed by atoms with Crippen molar-refractivity contribution in [3.05, 3.63) is 41.8 Å². The first-order valence-electron chi connectivity index (χ1n) is 5.03. The topological polar surface area (TPSA) is 64.9 Å². The highest BCUT2D eigenvalue weighted by Crippen LogP contribution is 2.33. The van der Waals surface area contributed by atoms with E-state index in [1.807, 2.05) is 18.2 Å². The van der Waals surface area contributed by atoms with Gasteiger partial charge in [0.25, 0.3) is 5.22 Å². The summed E-state index contributed by atoms with van der Waals surface area (Å²) in [7, 11) is 0. The maximum absolute atomic E-state index is 5.40. The van der Waals surface area contributed by atoms with Crippen molar-refractivity contribution in [2.24, 2.45) is 5.73 Å². The van der Waals surface area contributed by atoms with Gasteiger partial charge in [-0.25, -0.2) is 0 Å². The van der Waals surface area contributed by atoms with Crippen LogP contribution in [0.2, 0.25) is 0 Å². The number of nitrogens with zero attached hydrogens (tertiary/aromatic N) is 2. The molecular formula is C11H13N3OS. The number of thioether (sulfide) groups is 1. The molecule has 0 aliphatic rings. The van der Waals surface area contributed by atoms with E-state index in [2.05, 4.69) is 29.3 Å². The Bertz CT molecular complexity index is 444. The van der Waals surface area contributed by atoms with Crippen molar-refractivity contribution >= 4 is 11.8 Å². The molecule has 0 saturated carbocycles. The maximum Gasteiger partial charge on any atom is 0.277 e. The molecule has 0 spiro atoms. The Kier molecular flexibility index (Phi) is 3.58. The van der Waals surface area contributed by atoms with Crippen LogP contribution in [0.4, 0.5) is 0 Å². The highest BCUT2D eigenvalue weighted by Gasteiger charge is 2.12. The molecule has 0 amide bonds. The van der Waals surface area contributed by atoms with Crippen LogP contribution in [0.5, 0.6) is 0 Å². The van der Waals surface area contributed by atoms with E-state index >= 15 is 0 Å². The largest absolute Gasteiger partial charge is 0.415 e. The number of hydrogen-bond acceptors (Lipinski definition) is 5. The molecule has 2 N–H and O–H groups in total. The molecule has 16 heavy (non-hydrogen) atoms. The molecule has 0 aliphatic heterocycles. The second kappa shape index (κ2) is 5.14. The summed E-state index contributed by atoms with van der Waals surface area (Å²) in [5.74, 6) is 0.475. The Morgan fingerprint density at radius 2 is 2.06 bits per heavy atom. The molecule has 1 aromatic carbocycles. The average molecular weight is 235 g/mol. The third-order valence-corrected chi connectivity index (χ3v) is 3.16. The van der Waals surface area contributed by atoms with Crippen LogP contribution in [0.1, 0.15) is 23.6 Å². The molecule has 0 saturated heterocycles. The first kappa shape index (κ1) is 11.2. The summed E-state index contributed by atoms with van der Waals surface area (Å²) < 4.78 is 5.34. The van der Waals surface area contributed by atoms with Gasteiger partial charge in [0.15, 0.2) is 0 Å². The molecule has 2 aromatic rings. The number of aromatic nitrogens is 2. The molecule has 5 heteroatoms. The average Bonchev–Trinajstić information content (AvgIpc) is 2.78. The Morgan fingerprint density at radius 3 is 2.69 bits per heavy atom. The molecule has 2 rings (SSSR count). The van der Waals surface area contributed by atoms with E-state index in [0.717, 1.165) is 0 Å². The van der Waals surface area contributed by atoms with Crippen LogP contribution in [-0.2, 0) is 6.54 Å². The molecular weight excluding hydrogens is 222 g/mol. The van der Waals surface area contributed by atoms with Crippen LogP contribution < -0.4 is 5.73 Å². The van der Waals surface area contributed by atoms with Crippen molar-refractivity contribution in [2.75, 3.05) is 0 Å². The van der Waals surface area contributed by atoms with E-state index in [9.17, 15) is 0 Å². The second-order valence-corrected chi connectivity index (χ2v) is 4.63. The fourth-order valence-corrected chi connectivity index (χ4v) is 2.14. The monoisotopic (exact) mass is 235 g/mol. The molecule has 0 fully saturated rings. The van der Waals surface area contributed by atoms with Crippen molar-refractivity contribution < 1.29 is 4.42 Å². The number of nitrogens with two attached hydrogens (primary N) is 1. The number of hydrogen-bond donors (Lipinski definition) is 1. The first-order chi connectivity index (χ1) is 7.79. The molecule has 1 atom stereocenters. The summed E-state index contributed by atoms with van der Waals surface area (Å²) in [6.07, 6.45) is 0. The van der Waals surface area contributed by atoms with E-state index in [-0.39, 0.29) is 11.8 Å². The van der Waals surface area contributed by atoms with Crippen LogP contribution in [0.25, 0.3) is 0 Å².